The topological polar surface area (TPSA) is 66.8 Å². The average Bonchev–Trinajstić information content (AvgIpc) is 2.39. The van der Waals surface area contributed by atoms with Gasteiger partial charge in [-0.15, -0.1) is 0 Å². The molecule has 1 aromatic carbocycles. The van der Waals surface area contributed by atoms with E-state index in [1.54, 1.807) is 4.90 Å². The predicted octanol–water partition coefficient (Wildman–Crippen LogP) is 1.59. The van der Waals surface area contributed by atoms with Crippen LogP contribution in [0.2, 0.25) is 0 Å². The highest BCUT2D eigenvalue weighted by atomic mass is 16.5. The molecule has 5 heteroatoms. The van der Waals surface area contributed by atoms with Crippen molar-refractivity contribution >= 4 is 11.9 Å². The van der Waals surface area contributed by atoms with Gasteiger partial charge in [-0.05, 0) is 18.9 Å². The van der Waals surface area contributed by atoms with E-state index >= 15 is 0 Å². The van der Waals surface area contributed by atoms with Crippen LogP contribution in [0.4, 0.5) is 0 Å². The highest BCUT2D eigenvalue weighted by Gasteiger charge is 2.26. The third-order valence-electron chi connectivity index (χ3n) is 3.36. The molecule has 108 valence electrons. The number of amides is 1. The van der Waals surface area contributed by atoms with Gasteiger partial charge in [0.1, 0.15) is 6.61 Å². The Kier molecular flexibility index (Phi) is 4.74. The molecule has 1 aromatic rings. The zero-order valence-electron chi connectivity index (χ0n) is 11.5. The number of carbonyl (C=O) groups excluding carboxylic acids is 1. The number of aryl methyl sites for hydroxylation is 1. The zero-order chi connectivity index (χ0) is 14.5. The number of carboxylic acids is 1. The van der Waals surface area contributed by atoms with E-state index in [0.717, 1.165) is 11.1 Å². The maximum Gasteiger partial charge on any atom is 0.303 e. The minimum atomic E-state index is -0.837. The van der Waals surface area contributed by atoms with E-state index < -0.39 is 5.97 Å². The fraction of sp³-hybridized carbons (Fsp3) is 0.467. The molecule has 5 nitrogen and oxygen atoms in total. The van der Waals surface area contributed by atoms with Crippen LogP contribution in [0.15, 0.2) is 24.3 Å². The fourth-order valence-corrected chi connectivity index (χ4v) is 2.32. The SMILES string of the molecule is Cc1cccc(CN2CC(CCC(=O)O)OCC2=O)c1. The van der Waals surface area contributed by atoms with Crippen LogP contribution in [0.25, 0.3) is 0 Å². The van der Waals surface area contributed by atoms with Crippen molar-refractivity contribution in [1.29, 1.82) is 0 Å². The summed E-state index contributed by atoms with van der Waals surface area (Å²) in [5.74, 6) is -0.881. The molecule has 1 heterocycles. The van der Waals surface area contributed by atoms with Gasteiger partial charge in [0.25, 0.3) is 0 Å². The smallest absolute Gasteiger partial charge is 0.303 e. The van der Waals surface area contributed by atoms with Crippen molar-refractivity contribution in [2.24, 2.45) is 0 Å². The third kappa shape index (κ3) is 4.06. The number of morpholine rings is 1. The van der Waals surface area contributed by atoms with E-state index in [4.69, 9.17) is 9.84 Å². The maximum absolute atomic E-state index is 11.9. The highest BCUT2D eigenvalue weighted by molar-refractivity contribution is 5.78. The van der Waals surface area contributed by atoms with Crippen molar-refractivity contribution < 1.29 is 19.4 Å². The minimum absolute atomic E-state index is 0.0378. The van der Waals surface area contributed by atoms with Gasteiger partial charge in [0, 0.05) is 19.5 Å². The molecule has 0 aromatic heterocycles. The summed E-state index contributed by atoms with van der Waals surface area (Å²) in [5.41, 5.74) is 2.24. The molecule has 1 aliphatic heterocycles. The van der Waals surface area contributed by atoms with Gasteiger partial charge >= 0.3 is 5.97 Å². The molecule has 0 aliphatic carbocycles. The standard InChI is InChI=1S/C15H19NO4/c1-11-3-2-4-12(7-11)8-16-9-13(5-6-15(18)19)20-10-14(16)17/h2-4,7,13H,5-6,8-10H2,1H3,(H,18,19). The van der Waals surface area contributed by atoms with Crippen molar-refractivity contribution in [3.8, 4) is 0 Å². The van der Waals surface area contributed by atoms with E-state index in [2.05, 4.69) is 6.07 Å². The van der Waals surface area contributed by atoms with E-state index in [-0.39, 0.29) is 25.0 Å². The Bertz CT molecular complexity index is 500. The van der Waals surface area contributed by atoms with Gasteiger partial charge in [-0.1, -0.05) is 29.8 Å². The normalized spacial score (nSPS) is 19.1. The quantitative estimate of drug-likeness (QED) is 0.887. The maximum atomic E-state index is 11.9. The first kappa shape index (κ1) is 14.5. The molecule has 2 rings (SSSR count). The largest absolute Gasteiger partial charge is 0.481 e. The number of hydrogen-bond donors (Lipinski definition) is 1. The van der Waals surface area contributed by atoms with Gasteiger partial charge in [0.2, 0.25) is 5.91 Å². The van der Waals surface area contributed by atoms with Crippen LogP contribution in [0.3, 0.4) is 0 Å². The highest BCUT2D eigenvalue weighted by Crippen LogP contribution is 2.15. The number of carbonyl (C=O) groups is 2. The number of carboxylic acid groups (broad SMARTS) is 1. The summed E-state index contributed by atoms with van der Waals surface area (Å²) in [6, 6.07) is 8.02. The number of benzene rings is 1. The molecule has 1 atom stereocenters. The van der Waals surface area contributed by atoms with E-state index in [0.29, 0.717) is 19.5 Å². The number of ether oxygens (including phenoxy) is 1. The number of rotatable bonds is 5. The lowest BCUT2D eigenvalue weighted by Gasteiger charge is -2.32. The van der Waals surface area contributed by atoms with Gasteiger partial charge in [0.05, 0.1) is 6.10 Å². The Morgan fingerprint density at radius 3 is 3.00 bits per heavy atom. The van der Waals surface area contributed by atoms with Gasteiger partial charge in [-0.3, -0.25) is 9.59 Å². The van der Waals surface area contributed by atoms with Crippen LogP contribution < -0.4 is 0 Å². The second-order valence-corrected chi connectivity index (χ2v) is 5.13. The summed E-state index contributed by atoms with van der Waals surface area (Å²) in [4.78, 5) is 24.2. The Hall–Kier alpha value is -1.88. The first-order chi connectivity index (χ1) is 9.54. The van der Waals surface area contributed by atoms with Crippen LogP contribution in [0.5, 0.6) is 0 Å². The molecule has 0 spiro atoms. The molecule has 1 saturated heterocycles. The summed E-state index contributed by atoms with van der Waals surface area (Å²) >= 11 is 0. The summed E-state index contributed by atoms with van der Waals surface area (Å²) in [6.07, 6.45) is 0.318. The second-order valence-electron chi connectivity index (χ2n) is 5.13. The molecule has 1 aliphatic rings. The van der Waals surface area contributed by atoms with E-state index in [1.807, 2.05) is 25.1 Å². The lowest BCUT2D eigenvalue weighted by atomic mass is 10.1. The van der Waals surface area contributed by atoms with Crippen molar-refractivity contribution in [2.45, 2.75) is 32.4 Å². The van der Waals surface area contributed by atoms with Gasteiger partial charge in [0.15, 0.2) is 0 Å². The van der Waals surface area contributed by atoms with Crippen LogP contribution in [0, 0.1) is 6.92 Å². The molecule has 0 saturated carbocycles. The molecule has 0 radical (unpaired) electrons. The average molecular weight is 277 g/mol. The third-order valence-corrected chi connectivity index (χ3v) is 3.36. The Balaban J connectivity index is 1.95. The van der Waals surface area contributed by atoms with E-state index in [1.165, 1.54) is 0 Å². The fourth-order valence-electron chi connectivity index (χ4n) is 2.32. The zero-order valence-corrected chi connectivity index (χ0v) is 11.5. The predicted molar refractivity (Wildman–Crippen MR) is 73.2 cm³/mol. The Morgan fingerprint density at radius 2 is 2.30 bits per heavy atom. The van der Waals surface area contributed by atoms with E-state index in [9.17, 15) is 9.59 Å². The van der Waals surface area contributed by atoms with Crippen LogP contribution in [0.1, 0.15) is 24.0 Å². The number of hydrogen-bond acceptors (Lipinski definition) is 3. The molecule has 1 unspecified atom stereocenters. The lowest BCUT2D eigenvalue weighted by Crippen LogP contribution is -2.46. The summed E-state index contributed by atoms with van der Waals surface area (Å²) in [7, 11) is 0. The number of aliphatic carboxylic acids is 1. The van der Waals surface area contributed by atoms with Gasteiger partial charge in [-0.2, -0.15) is 0 Å². The molecule has 1 N–H and O–H groups in total. The monoisotopic (exact) mass is 277 g/mol. The molecule has 1 fully saturated rings. The number of nitrogens with zero attached hydrogens (tertiary/aromatic N) is 1. The Labute approximate surface area is 118 Å². The molecular formula is C15H19NO4. The Morgan fingerprint density at radius 1 is 1.50 bits per heavy atom. The van der Waals surface area contributed by atoms with Gasteiger partial charge < -0.3 is 14.7 Å². The van der Waals surface area contributed by atoms with Crippen LogP contribution in [-0.2, 0) is 20.9 Å². The molecule has 20 heavy (non-hydrogen) atoms. The summed E-state index contributed by atoms with van der Waals surface area (Å²) in [5, 5.41) is 8.69. The van der Waals surface area contributed by atoms with Crippen molar-refractivity contribution in [3.63, 3.8) is 0 Å². The van der Waals surface area contributed by atoms with Crippen molar-refractivity contribution in [2.75, 3.05) is 13.2 Å². The van der Waals surface area contributed by atoms with Crippen molar-refractivity contribution in [1.82, 2.24) is 4.90 Å². The summed E-state index contributed by atoms with van der Waals surface area (Å²) < 4.78 is 5.38. The molecular weight excluding hydrogens is 258 g/mol. The molecule has 1 amide bonds. The lowest BCUT2D eigenvalue weighted by molar-refractivity contribution is -0.151. The van der Waals surface area contributed by atoms with Gasteiger partial charge in [-0.25, -0.2) is 0 Å². The molecule has 0 bridgehead atoms. The first-order valence-corrected chi connectivity index (χ1v) is 6.71. The van der Waals surface area contributed by atoms with Crippen molar-refractivity contribution in [3.05, 3.63) is 35.4 Å². The van der Waals surface area contributed by atoms with Crippen LogP contribution >= 0.6 is 0 Å². The first-order valence-electron chi connectivity index (χ1n) is 6.71. The summed E-state index contributed by atoms with van der Waals surface area (Å²) in [6.45, 7) is 3.06. The second kappa shape index (κ2) is 6.52. The minimum Gasteiger partial charge on any atom is -0.481 e. The van der Waals surface area contributed by atoms with Crippen LogP contribution in [-0.4, -0.2) is 41.1 Å².